The van der Waals surface area contributed by atoms with Gasteiger partial charge in [-0.15, -0.1) is 0 Å². The molecule has 1 aliphatic rings. The van der Waals surface area contributed by atoms with Crippen LogP contribution in [0.25, 0.3) is 0 Å². The molecule has 1 saturated heterocycles. The Morgan fingerprint density at radius 3 is 2.73 bits per heavy atom. The molecule has 1 aliphatic heterocycles. The molecule has 0 amide bonds. The minimum Gasteiger partial charge on any atom is -0.380 e. The van der Waals surface area contributed by atoms with Gasteiger partial charge in [0.05, 0.1) is 6.10 Å². The Balaban J connectivity index is 1.97. The molecule has 2 aromatic rings. The van der Waals surface area contributed by atoms with E-state index in [4.69, 9.17) is 9.26 Å². The van der Waals surface area contributed by atoms with Gasteiger partial charge in [0.25, 0.3) is 0 Å². The summed E-state index contributed by atoms with van der Waals surface area (Å²) in [6, 6.07) is 2.02. The highest BCUT2D eigenvalue weighted by atomic mass is 16.5. The highest BCUT2D eigenvalue weighted by Gasteiger charge is 2.37. The van der Waals surface area contributed by atoms with Crippen LogP contribution in [0.3, 0.4) is 0 Å². The minimum absolute atomic E-state index is 0.00911. The van der Waals surface area contributed by atoms with Gasteiger partial charge in [0.2, 0.25) is 5.89 Å². The number of hydrogen-bond acceptors (Lipinski definition) is 7. The maximum absolute atomic E-state index is 5.53. The molecule has 2 atom stereocenters. The molecule has 0 saturated carbocycles. The molecule has 7 nitrogen and oxygen atoms in total. The van der Waals surface area contributed by atoms with Crippen molar-refractivity contribution in [3.63, 3.8) is 0 Å². The lowest BCUT2D eigenvalue weighted by atomic mass is 10.2. The van der Waals surface area contributed by atoms with Crippen LogP contribution in [-0.2, 0) is 11.2 Å². The Morgan fingerprint density at radius 2 is 2.09 bits per heavy atom. The second-order valence-corrected chi connectivity index (χ2v) is 5.56. The van der Waals surface area contributed by atoms with Gasteiger partial charge in [-0.1, -0.05) is 12.1 Å². The zero-order valence-electron chi connectivity index (χ0n) is 13.4. The van der Waals surface area contributed by atoms with Crippen LogP contribution in [0.5, 0.6) is 0 Å². The molecule has 0 aromatic carbocycles. The third kappa shape index (κ3) is 2.81. The normalized spacial score (nSPS) is 21.5. The van der Waals surface area contributed by atoms with Gasteiger partial charge < -0.3 is 14.2 Å². The molecule has 0 spiro atoms. The first-order valence-corrected chi connectivity index (χ1v) is 7.55. The summed E-state index contributed by atoms with van der Waals surface area (Å²) >= 11 is 0. The van der Waals surface area contributed by atoms with E-state index in [1.54, 1.807) is 7.11 Å². The third-order valence-electron chi connectivity index (χ3n) is 3.96. The van der Waals surface area contributed by atoms with E-state index >= 15 is 0 Å². The Kier molecular flexibility index (Phi) is 4.06. The van der Waals surface area contributed by atoms with Crippen LogP contribution >= 0.6 is 0 Å². The number of nitrogens with zero attached hydrogens (tertiary/aromatic N) is 5. The molecule has 118 valence electrons. The average Bonchev–Trinajstić information content (AvgIpc) is 3.12. The molecule has 2 aromatic heterocycles. The summed E-state index contributed by atoms with van der Waals surface area (Å²) in [6.07, 6.45) is 1.81. The van der Waals surface area contributed by atoms with Gasteiger partial charge in [0.15, 0.2) is 5.82 Å². The zero-order valence-corrected chi connectivity index (χ0v) is 13.4. The molecular formula is C15H21N5O2. The largest absolute Gasteiger partial charge is 0.380 e. The number of ether oxygens (including phenoxy) is 1. The Bertz CT molecular complexity index is 657. The summed E-state index contributed by atoms with van der Waals surface area (Å²) in [5.74, 6) is 2.93. The first kappa shape index (κ1) is 14.9. The van der Waals surface area contributed by atoms with Crippen molar-refractivity contribution in [1.29, 1.82) is 0 Å². The summed E-state index contributed by atoms with van der Waals surface area (Å²) < 4.78 is 10.9. The molecule has 7 heteroatoms. The quantitative estimate of drug-likeness (QED) is 0.855. The summed E-state index contributed by atoms with van der Waals surface area (Å²) in [5.41, 5.74) is 1.03. The van der Waals surface area contributed by atoms with Gasteiger partial charge in [-0.05, 0) is 20.3 Å². The van der Waals surface area contributed by atoms with Gasteiger partial charge in [0.1, 0.15) is 17.7 Å². The highest BCUT2D eigenvalue weighted by molar-refractivity contribution is 5.44. The van der Waals surface area contributed by atoms with Crippen LogP contribution in [0.2, 0.25) is 0 Å². The molecule has 1 fully saturated rings. The van der Waals surface area contributed by atoms with Crippen molar-refractivity contribution in [1.82, 2.24) is 20.1 Å². The van der Waals surface area contributed by atoms with Crippen molar-refractivity contribution in [2.75, 3.05) is 18.6 Å². The summed E-state index contributed by atoms with van der Waals surface area (Å²) in [5, 5.41) is 3.91. The minimum atomic E-state index is -0.00911. The van der Waals surface area contributed by atoms with Crippen molar-refractivity contribution in [2.24, 2.45) is 0 Å². The maximum atomic E-state index is 5.53. The van der Waals surface area contributed by atoms with E-state index in [0.29, 0.717) is 11.7 Å². The van der Waals surface area contributed by atoms with Crippen LogP contribution < -0.4 is 4.90 Å². The maximum Gasteiger partial charge on any atom is 0.249 e. The van der Waals surface area contributed by atoms with Crippen molar-refractivity contribution < 1.29 is 9.26 Å². The molecule has 2 unspecified atom stereocenters. The Morgan fingerprint density at radius 1 is 1.27 bits per heavy atom. The van der Waals surface area contributed by atoms with E-state index in [-0.39, 0.29) is 12.1 Å². The third-order valence-corrected chi connectivity index (χ3v) is 3.96. The fraction of sp³-hybridized carbons (Fsp3) is 0.600. The fourth-order valence-corrected chi connectivity index (χ4v) is 2.84. The lowest BCUT2D eigenvalue weighted by molar-refractivity contribution is 0.117. The number of hydrogen-bond donors (Lipinski definition) is 0. The van der Waals surface area contributed by atoms with E-state index in [1.807, 2.05) is 19.9 Å². The van der Waals surface area contributed by atoms with Crippen molar-refractivity contribution in [3.8, 4) is 0 Å². The van der Waals surface area contributed by atoms with Gasteiger partial charge in [-0.25, -0.2) is 9.97 Å². The smallest absolute Gasteiger partial charge is 0.249 e. The summed E-state index contributed by atoms with van der Waals surface area (Å²) in [4.78, 5) is 15.6. The number of aromatic nitrogens is 4. The highest BCUT2D eigenvalue weighted by Crippen LogP contribution is 2.35. The van der Waals surface area contributed by atoms with Gasteiger partial charge in [-0.3, -0.25) is 0 Å². The second kappa shape index (κ2) is 6.00. The van der Waals surface area contributed by atoms with Crippen LogP contribution in [-0.4, -0.2) is 39.9 Å². The molecular weight excluding hydrogens is 282 g/mol. The van der Waals surface area contributed by atoms with Gasteiger partial charge in [0, 0.05) is 31.8 Å². The summed E-state index contributed by atoms with van der Waals surface area (Å²) in [7, 11) is 1.73. The molecule has 3 rings (SSSR count). The van der Waals surface area contributed by atoms with Crippen molar-refractivity contribution >= 4 is 5.82 Å². The van der Waals surface area contributed by atoms with Crippen LogP contribution in [0.1, 0.15) is 42.6 Å². The number of methoxy groups -OCH3 is 1. The topological polar surface area (TPSA) is 77.2 Å². The standard InChI is InChI=1S/C15H21N5O2/c1-5-11-6-14(17-9(2)16-11)20-8-12(21-4)7-13(20)15-18-10(3)19-22-15/h6,12-13H,5,7-8H2,1-4H3. The SMILES string of the molecule is CCc1cc(N2CC(OC)CC2c2nc(C)no2)nc(C)n1. The van der Waals surface area contributed by atoms with E-state index in [0.717, 1.165) is 36.7 Å². The number of anilines is 1. The molecule has 0 aliphatic carbocycles. The van der Waals surface area contributed by atoms with Gasteiger partial charge in [-0.2, -0.15) is 4.98 Å². The van der Waals surface area contributed by atoms with Crippen LogP contribution in [0.15, 0.2) is 10.6 Å². The fourth-order valence-electron chi connectivity index (χ4n) is 2.84. The first-order valence-electron chi connectivity index (χ1n) is 7.55. The Hall–Kier alpha value is -2.02. The van der Waals surface area contributed by atoms with E-state index < -0.39 is 0 Å². The zero-order chi connectivity index (χ0) is 15.7. The van der Waals surface area contributed by atoms with Crippen LogP contribution in [0.4, 0.5) is 5.82 Å². The average molecular weight is 303 g/mol. The number of rotatable bonds is 4. The van der Waals surface area contributed by atoms with E-state index in [1.165, 1.54) is 0 Å². The van der Waals surface area contributed by atoms with Gasteiger partial charge >= 0.3 is 0 Å². The molecule has 3 heterocycles. The lowest BCUT2D eigenvalue weighted by Gasteiger charge is -2.23. The molecule has 22 heavy (non-hydrogen) atoms. The first-order chi connectivity index (χ1) is 10.6. The van der Waals surface area contributed by atoms with Crippen molar-refractivity contribution in [2.45, 2.75) is 45.8 Å². The van der Waals surface area contributed by atoms with Crippen molar-refractivity contribution in [3.05, 3.63) is 29.3 Å². The predicted molar refractivity (Wildman–Crippen MR) is 80.7 cm³/mol. The lowest BCUT2D eigenvalue weighted by Crippen LogP contribution is -2.26. The predicted octanol–water partition coefficient (Wildman–Crippen LogP) is 2.01. The Labute approximate surface area is 129 Å². The van der Waals surface area contributed by atoms with Crippen LogP contribution in [0, 0.1) is 13.8 Å². The molecule has 0 bridgehead atoms. The second-order valence-electron chi connectivity index (χ2n) is 5.56. The molecule has 0 radical (unpaired) electrons. The monoisotopic (exact) mass is 303 g/mol. The number of aryl methyl sites for hydroxylation is 3. The van der Waals surface area contributed by atoms with E-state index in [2.05, 4.69) is 31.9 Å². The summed E-state index contributed by atoms with van der Waals surface area (Å²) in [6.45, 7) is 6.58. The molecule has 0 N–H and O–H groups in total. The van der Waals surface area contributed by atoms with E-state index in [9.17, 15) is 0 Å².